The van der Waals surface area contributed by atoms with Crippen molar-refractivity contribution in [2.45, 2.75) is 58.6 Å². The number of hydrogen-bond donors (Lipinski definition) is 2. The predicted octanol–water partition coefficient (Wildman–Crippen LogP) is 1.96. The molecule has 1 heterocycles. The highest BCUT2D eigenvalue weighted by Crippen LogP contribution is 2.17. The molecule has 0 aromatic carbocycles. The Hall–Kier alpha value is -0.810. The Morgan fingerprint density at radius 1 is 1.40 bits per heavy atom. The van der Waals surface area contributed by atoms with Crippen LogP contribution in [0, 0.1) is 5.92 Å². The largest absolute Gasteiger partial charge is 0.444 e. The van der Waals surface area contributed by atoms with Gasteiger partial charge in [-0.05, 0) is 59.0 Å². The van der Waals surface area contributed by atoms with Gasteiger partial charge in [0.05, 0.1) is 0 Å². The second-order valence-corrected chi connectivity index (χ2v) is 6.84. The van der Waals surface area contributed by atoms with Gasteiger partial charge in [-0.3, -0.25) is 4.90 Å². The Balaban J connectivity index is 2.40. The van der Waals surface area contributed by atoms with Gasteiger partial charge in [0.25, 0.3) is 0 Å². The Kier molecular flexibility index (Phi) is 6.76. The lowest BCUT2D eigenvalue weighted by atomic mass is 10.0. The third kappa shape index (κ3) is 6.57. The van der Waals surface area contributed by atoms with E-state index < -0.39 is 5.60 Å². The summed E-state index contributed by atoms with van der Waals surface area (Å²) in [4.78, 5) is 14.1. The fraction of sp³-hybridized carbons (Fsp3) is 0.933. The van der Waals surface area contributed by atoms with E-state index in [-0.39, 0.29) is 12.1 Å². The highest BCUT2D eigenvalue weighted by atomic mass is 16.6. The van der Waals surface area contributed by atoms with Crippen LogP contribution in [0.25, 0.3) is 0 Å². The molecule has 1 amide bonds. The Morgan fingerprint density at radius 2 is 2.10 bits per heavy atom. The van der Waals surface area contributed by atoms with Crippen molar-refractivity contribution in [1.82, 2.24) is 10.2 Å². The summed E-state index contributed by atoms with van der Waals surface area (Å²) in [6.07, 6.45) is 3.35. The van der Waals surface area contributed by atoms with E-state index in [1.165, 1.54) is 19.3 Å². The molecule has 1 fully saturated rings. The minimum Gasteiger partial charge on any atom is -0.444 e. The molecule has 0 bridgehead atoms. The van der Waals surface area contributed by atoms with Gasteiger partial charge in [0.2, 0.25) is 0 Å². The average molecular weight is 285 g/mol. The summed E-state index contributed by atoms with van der Waals surface area (Å²) in [6, 6.07) is 0.202. The van der Waals surface area contributed by atoms with E-state index in [1.54, 1.807) is 0 Å². The number of carbonyl (C=O) groups excluding carboxylic acids is 1. The molecule has 0 aliphatic carbocycles. The van der Waals surface area contributed by atoms with Crippen LogP contribution in [0.2, 0.25) is 0 Å². The van der Waals surface area contributed by atoms with Crippen LogP contribution in [0.4, 0.5) is 4.79 Å². The van der Waals surface area contributed by atoms with Gasteiger partial charge in [0.1, 0.15) is 5.60 Å². The summed E-state index contributed by atoms with van der Waals surface area (Å²) >= 11 is 0. The molecular formula is C15H31N3O2. The molecule has 1 aliphatic rings. The van der Waals surface area contributed by atoms with Crippen molar-refractivity contribution in [2.75, 3.05) is 26.2 Å². The third-order valence-electron chi connectivity index (χ3n) is 3.72. The van der Waals surface area contributed by atoms with Gasteiger partial charge in [0.15, 0.2) is 0 Å². The number of amides is 1. The number of nitrogens with zero attached hydrogens (tertiary/aromatic N) is 1. The fourth-order valence-corrected chi connectivity index (χ4v) is 2.53. The summed E-state index contributed by atoms with van der Waals surface area (Å²) < 4.78 is 5.25. The van der Waals surface area contributed by atoms with Gasteiger partial charge in [-0.1, -0.05) is 6.92 Å². The quantitative estimate of drug-likeness (QED) is 0.828. The molecule has 1 aliphatic heterocycles. The average Bonchev–Trinajstić information content (AvgIpc) is 2.53. The Bertz CT molecular complexity index is 302. The number of ether oxygens (including phenoxy) is 1. The van der Waals surface area contributed by atoms with Crippen molar-refractivity contribution in [1.29, 1.82) is 0 Å². The maximum absolute atomic E-state index is 11.7. The molecular weight excluding hydrogens is 254 g/mol. The van der Waals surface area contributed by atoms with E-state index in [1.807, 2.05) is 20.8 Å². The SMILES string of the molecule is CC1CCCN(C(CN)CNC(=O)OC(C)(C)C)CC1. The van der Waals surface area contributed by atoms with Crippen LogP contribution in [0.15, 0.2) is 0 Å². The smallest absolute Gasteiger partial charge is 0.407 e. The van der Waals surface area contributed by atoms with E-state index in [0.29, 0.717) is 13.1 Å². The molecule has 0 aromatic rings. The highest BCUT2D eigenvalue weighted by Gasteiger charge is 2.22. The maximum Gasteiger partial charge on any atom is 0.407 e. The fourth-order valence-electron chi connectivity index (χ4n) is 2.53. The minimum atomic E-state index is -0.458. The summed E-state index contributed by atoms with van der Waals surface area (Å²) in [6.45, 7) is 11.2. The van der Waals surface area contributed by atoms with Crippen LogP contribution in [0.1, 0.15) is 47.0 Å². The Labute approximate surface area is 123 Å². The van der Waals surface area contributed by atoms with E-state index in [0.717, 1.165) is 19.0 Å². The van der Waals surface area contributed by atoms with Gasteiger partial charge >= 0.3 is 6.09 Å². The number of nitrogens with one attached hydrogen (secondary N) is 1. The number of rotatable bonds is 4. The topological polar surface area (TPSA) is 67.6 Å². The molecule has 0 aromatic heterocycles. The molecule has 2 unspecified atom stereocenters. The first-order chi connectivity index (χ1) is 9.31. The standard InChI is InChI=1S/C15H31N3O2/c1-12-6-5-8-18(9-7-12)13(10-16)11-17-14(19)20-15(2,3)4/h12-13H,5-11,16H2,1-4H3,(H,17,19). The number of hydrogen-bond acceptors (Lipinski definition) is 4. The molecule has 0 saturated carbocycles. The van der Waals surface area contributed by atoms with Crippen LogP contribution >= 0.6 is 0 Å². The van der Waals surface area contributed by atoms with Crippen molar-refractivity contribution >= 4 is 6.09 Å². The molecule has 1 saturated heterocycles. The molecule has 3 N–H and O–H groups in total. The second-order valence-electron chi connectivity index (χ2n) is 6.84. The van der Waals surface area contributed by atoms with E-state index >= 15 is 0 Å². The second kappa shape index (κ2) is 7.84. The number of nitrogens with two attached hydrogens (primary N) is 1. The van der Waals surface area contributed by atoms with Crippen molar-refractivity contribution in [3.8, 4) is 0 Å². The van der Waals surface area contributed by atoms with Gasteiger partial charge in [-0.25, -0.2) is 4.79 Å². The molecule has 118 valence electrons. The van der Waals surface area contributed by atoms with E-state index in [2.05, 4.69) is 17.1 Å². The monoisotopic (exact) mass is 285 g/mol. The summed E-state index contributed by atoms with van der Waals surface area (Å²) in [5.41, 5.74) is 5.41. The number of carbonyl (C=O) groups is 1. The van der Waals surface area contributed by atoms with Gasteiger partial charge in [-0.2, -0.15) is 0 Å². The molecule has 5 nitrogen and oxygen atoms in total. The molecule has 0 radical (unpaired) electrons. The van der Waals surface area contributed by atoms with Crippen molar-refractivity contribution in [3.05, 3.63) is 0 Å². The molecule has 5 heteroatoms. The van der Waals surface area contributed by atoms with Crippen LogP contribution in [0.3, 0.4) is 0 Å². The highest BCUT2D eigenvalue weighted by molar-refractivity contribution is 5.67. The lowest BCUT2D eigenvalue weighted by molar-refractivity contribution is 0.0508. The lowest BCUT2D eigenvalue weighted by Gasteiger charge is -2.30. The molecule has 0 spiro atoms. The zero-order valence-electron chi connectivity index (χ0n) is 13.4. The van der Waals surface area contributed by atoms with Crippen LogP contribution in [-0.4, -0.2) is 48.8 Å². The lowest BCUT2D eigenvalue weighted by Crippen LogP contribution is -2.49. The molecule has 20 heavy (non-hydrogen) atoms. The summed E-state index contributed by atoms with van der Waals surface area (Å²) in [5.74, 6) is 0.789. The first-order valence-corrected chi connectivity index (χ1v) is 7.73. The Morgan fingerprint density at radius 3 is 2.70 bits per heavy atom. The first-order valence-electron chi connectivity index (χ1n) is 7.73. The van der Waals surface area contributed by atoms with Gasteiger partial charge in [-0.15, -0.1) is 0 Å². The summed E-state index contributed by atoms with van der Waals surface area (Å²) in [5, 5.41) is 2.84. The van der Waals surface area contributed by atoms with Gasteiger partial charge in [0, 0.05) is 19.1 Å². The first kappa shape index (κ1) is 17.2. The maximum atomic E-state index is 11.7. The van der Waals surface area contributed by atoms with Crippen LogP contribution < -0.4 is 11.1 Å². The van der Waals surface area contributed by atoms with Crippen molar-refractivity contribution in [2.24, 2.45) is 11.7 Å². The normalized spacial score (nSPS) is 22.9. The zero-order valence-corrected chi connectivity index (χ0v) is 13.4. The number of alkyl carbamates (subject to hydrolysis) is 1. The van der Waals surface area contributed by atoms with Crippen LogP contribution in [0.5, 0.6) is 0 Å². The van der Waals surface area contributed by atoms with E-state index in [9.17, 15) is 4.79 Å². The predicted molar refractivity (Wildman–Crippen MR) is 81.7 cm³/mol. The summed E-state index contributed by atoms with van der Waals surface area (Å²) in [7, 11) is 0. The van der Waals surface area contributed by atoms with Crippen LogP contribution in [-0.2, 0) is 4.74 Å². The molecule has 1 rings (SSSR count). The molecule has 2 atom stereocenters. The number of likely N-dealkylation sites (tertiary alicyclic amines) is 1. The van der Waals surface area contributed by atoms with E-state index in [4.69, 9.17) is 10.5 Å². The van der Waals surface area contributed by atoms with Crippen molar-refractivity contribution in [3.63, 3.8) is 0 Å². The zero-order chi connectivity index (χ0) is 15.2. The third-order valence-corrected chi connectivity index (χ3v) is 3.72. The van der Waals surface area contributed by atoms with Crippen molar-refractivity contribution < 1.29 is 9.53 Å². The minimum absolute atomic E-state index is 0.202. The van der Waals surface area contributed by atoms with Gasteiger partial charge < -0.3 is 15.8 Å².